The Bertz CT molecular complexity index is 203. The molecule has 0 aliphatic heterocycles. The summed E-state index contributed by atoms with van der Waals surface area (Å²) in [6.45, 7) is 7.00. The second kappa shape index (κ2) is 5.53. The van der Waals surface area contributed by atoms with Gasteiger partial charge in [-0.15, -0.1) is 0 Å². The van der Waals surface area contributed by atoms with Crippen LogP contribution in [0.1, 0.15) is 59.3 Å². The lowest BCUT2D eigenvalue weighted by Gasteiger charge is -2.30. The second-order valence-electron chi connectivity index (χ2n) is 5.01. The molecule has 0 aromatic rings. The predicted molar refractivity (Wildman–Crippen MR) is 61.6 cm³/mol. The van der Waals surface area contributed by atoms with Gasteiger partial charge in [0, 0.05) is 0 Å². The zero-order valence-corrected chi connectivity index (χ0v) is 10.3. The van der Waals surface area contributed by atoms with Crippen molar-refractivity contribution in [1.82, 2.24) is 0 Å². The van der Waals surface area contributed by atoms with Gasteiger partial charge >= 0.3 is 5.97 Å². The summed E-state index contributed by atoms with van der Waals surface area (Å²) in [5.41, 5.74) is -0.159. The van der Waals surface area contributed by atoms with E-state index in [1.807, 2.05) is 0 Å². The van der Waals surface area contributed by atoms with Crippen LogP contribution in [0.2, 0.25) is 0 Å². The summed E-state index contributed by atoms with van der Waals surface area (Å²) in [5.74, 6) is 0.470. The standard InChI is InChI=1S/C13H24O2/c1-4-5-10-15-12(14)13(11(2)3)8-6-7-9-13/h11H,4-10H2,1-3H3. The van der Waals surface area contributed by atoms with Gasteiger partial charge in [0.2, 0.25) is 0 Å². The van der Waals surface area contributed by atoms with Crippen LogP contribution in [0.25, 0.3) is 0 Å². The van der Waals surface area contributed by atoms with Crippen molar-refractivity contribution in [2.45, 2.75) is 59.3 Å². The van der Waals surface area contributed by atoms with Crippen molar-refractivity contribution in [2.24, 2.45) is 11.3 Å². The van der Waals surface area contributed by atoms with Crippen LogP contribution < -0.4 is 0 Å². The quantitative estimate of drug-likeness (QED) is 0.514. The van der Waals surface area contributed by atoms with Crippen LogP contribution in [-0.4, -0.2) is 12.6 Å². The molecule has 0 aromatic carbocycles. The van der Waals surface area contributed by atoms with E-state index in [1.54, 1.807) is 0 Å². The molecule has 1 aliphatic carbocycles. The summed E-state index contributed by atoms with van der Waals surface area (Å²) in [6.07, 6.45) is 6.48. The minimum Gasteiger partial charge on any atom is -0.465 e. The van der Waals surface area contributed by atoms with Gasteiger partial charge in [-0.05, 0) is 25.2 Å². The molecule has 0 atom stereocenters. The maximum absolute atomic E-state index is 12.1. The summed E-state index contributed by atoms with van der Waals surface area (Å²) < 4.78 is 5.39. The monoisotopic (exact) mass is 212 g/mol. The maximum Gasteiger partial charge on any atom is 0.312 e. The Hall–Kier alpha value is -0.530. The SMILES string of the molecule is CCCCOC(=O)C1(C(C)C)CCCC1. The molecule has 1 saturated carbocycles. The molecule has 0 spiro atoms. The van der Waals surface area contributed by atoms with Crippen LogP contribution in [0.15, 0.2) is 0 Å². The molecular weight excluding hydrogens is 188 g/mol. The van der Waals surface area contributed by atoms with Crippen molar-refractivity contribution in [3.63, 3.8) is 0 Å². The second-order valence-corrected chi connectivity index (χ2v) is 5.01. The maximum atomic E-state index is 12.1. The molecule has 15 heavy (non-hydrogen) atoms. The number of carbonyl (C=O) groups excluding carboxylic acids is 1. The third-order valence-corrected chi connectivity index (χ3v) is 3.74. The van der Waals surface area contributed by atoms with Crippen molar-refractivity contribution in [3.8, 4) is 0 Å². The molecule has 1 fully saturated rings. The van der Waals surface area contributed by atoms with Gasteiger partial charge in [-0.1, -0.05) is 40.0 Å². The van der Waals surface area contributed by atoms with E-state index in [4.69, 9.17) is 4.74 Å². The zero-order chi connectivity index (χ0) is 11.3. The predicted octanol–water partition coefficient (Wildman–Crippen LogP) is 3.55. The van der Waals surface area contributed by atoms with Gasteiger partial charge in [0.15, 0.2) is 0 Å². The van der Waals surface area contributed by atoms with Crippen molar-refractivity contribution < 1.29 is 9.53 Å². The summed E-state index contributed by atoms with van der Waals surface area (Å²) in [6, 6.07) is 0. The summed E-state index contributed by atoms with van der Waals surface area (Å²) in [5, 5.41) is 0. The fourth-order valence-corrected chi connectivity index (χ4v) is 2.48. The first-order valence-electron chi connectivity index (χ1n) is 6.30. The Balaban J connectivity index is 2.52. The minimum absolute atomic E-state index is 0.0588. The molecule has 0 saturated heterocycles. The van der Waals surface area contributed by atoms with E-state index in [0.717, 1.165) is 25.7 Å². The van der Waals surface area contributed by atoms with Gasteiger partial charge in [-0.25, -0.2) is 0 Å². The Labute approximate surface area is 93.4 Å². The number of esters is 1. The molecular formula is C13H24O2. The first-order valence-corrected chi connectivity index (χ1v) is 6.30. The zero-order valence-electron chi connectivity index (χ0n) is 10.3. The van der Waals surface area contributed by atoms with Crippen LogP contribution in [0.4, 0.5) is 0 Å². The van der Waals surface area contributed by atoms with Crippen LogP contribution in [0, 0.1) is 11.3 Å². The van der Waals surface area contributed by atoms with Gasteiger partial charge in [0.05, 0.1) is 12.0 Å². The van der Waals surface area contributed by atoms with Crippen LogP contribution in [-0.2, 0) is 9.53 Å². The van der Waals surface area contributed by atoms with Crippen molar-refractivity contribution in [2.75, 3.05) is 6.61 Å². The molecule has 0 N–H and O–H groups in total. The van der Waals surface area contributed by atoms with Crippen molar-refractivity contribution in [3.05, 3.63) is 0 Å². The highest BCUT2D eigenvalue weighted by molar-refractivity contribution is 5.77. The normalized spacial score (nSPS) is 19.5. The van der Waals surface area contributed by atoms with Crippen molar-refractivity contribution in [1.29, 1.82) is 0 Å². The first kappa shape index (κ1) is 12.5. The summed E-state index contributed by atoms with van der Waals surface area (Å²) in [4.78, 5) is 12.1. The number of hydrogen-bond donors (Lipinski definition) is 0. The number of rotatable bonds is 5. The lowest BCUT2D eigenvalue weighted by atomic mass is 9.76. The van der Waals surface area contributed by atoms with E-state index in [9.17, 15) is 4.79 Å². The number of ether oxygens (including phenoxy) is 1. The highest BCUT2D eigenvalue weighted by Crippen LogP contribution is 2.45. The van der Waals surface area contributed by atoms with E-state index in [1.165, 1.54) is 12.8 Å². The molecule has 0 aromatic heterocycles. The van der Waals surface area contributed by atoms with Gasteiger partial charge in [0.25, 0.3) is 0 Å². The number of hydrogen-bond acceptors (Lipinski definition) is 2. The molecule has 0 bridgehead atoms. The topological polar surface area (TPSA) is 26.3 Å². The Kier molecular flexibility index (Phi) is 4.62. The van der Waals surface area contributed by atoms with Gasteiger partial charge in [-0.2, -0.15) is 0 Å². The third kappa shape index (κ3) is 2.73. The fourth-order valence-electron chi connectivity index (χ4n) is 2.48. The lowest BCUT2D eigenvalue weighted by Crippen LogP contribution is -2.35. The van der Waals surface area contributed by atoms with Gasteiger partial charge in [-0.3, -0.25) is 4.79 Å². The molecule has 1 rings (SSSR count). The molecule has 88 valence electrons. The molecule has 1 aliphatic rings. The fraction of sp³-hybridized carbons (Fsp3) is 0.923. The Morgan fingerprint density at radius 1 is 1.33 bits per heavy atom. The summed E-state index contributed by atoms with van der Waals surface area (Å²) >= 11 is 0. The van der Waals surface area contributed by atoms with Crippen LogP contribution in [0.5, 0.6) is 0 Å². The van der Waals surface area contributed by atoms with Crippen LogP contribution >= 0.6 is 0 Å². The Morgan fingerprint density at radius 3 is 2.40 bits per heavy atom. The average Bonchev–Trinajstić information content (AvgIpc) is 2.67. The smallest absolute Gasteiger partial charge is 0.312 e. The van der Waals surface area contributed by atoms with E-state index in [0.29, 0.717) is 12.5 Å². The van der Waals surface area contributed by atoms with Crippen LogP contribution in [0.3, 0.4) is 0 Å². The third-order valence-electron chi connectivity index (χ3n) is 3.74. The van der Waals surface area contributed by atoms with E-state index < -0.39 is 0 Å². The average molecular weight is 212 g/mol. The van der Waals surface area contributed by atoms with Crippen molar-refractivity contribution >= 4 is 5.97 Å². The Morgan fingerprint density at radius 2 is 1.93 bits per heavy atom. The largest absolute Gasteiger partial charge is 0.465 e. The first-order chi connectivity index (χ1) is 7.13. The van der Waals surface area contributed by atoms with E-state index >= 15 is 0 Å². The molecule has 0 heterocycles. The molecule has 2 nitrogen and oxygen atoms in total. The van der Waals surface area contributed by atoms with Gasteiger partial charge in [0.1, 0.15) is 0 Å². The minimum atomic E-state index is -0.159. The molecule has 2 heteroatoms. The van der Waals surface area contributed by atoms with Gasteiger partial charge < -0.3 is 4.74 Å². The number of carbonyl (C=O) groups is 1. The molecule has 0 unspecified atom stereocenters. The lowest BCUT2D eigenvalue weighted by molar-refractivity contribution is -0.158. The molecule has 0 amide bonds. The van der Waals surface area contributed by atoms with E-state index in [-0.39, 0.29) is 11.4 Å². The molecule has 0 radical (unpaired) electrons. The highest BCUT2D eigenvalue weighted by atomic mass is 16.5. The number of unbranched alkanes of at least 4 members (excludes halogenated alkanes) is 1. The van der Waals surface area contributed by atoms with E-state index in [2.05, 4.69) is 20.8 Å². The highest BCUT2D eigenvalue weighted by Gasteiger charge is 2.44. The summed E-state index contributed by atoms with van der Waals surface area (Å²) in [7, 11) is 0.